The lowest BCUT2D eigenvalue weighted by atomic mass is 10.1. The zero-order valence-corrected chi connectivity index (χ0v) is 10.2. The molecule has 2 rings (SSSR count). The fraction of sp³-hybridized carbons (Fsp3) is 0.0667. The van der Waals surface area contributed by atoms with Gasteiger partial charge in [-0.2, -0.15) is 5.26 Å². The van der Waals surface area contributed by atoms with Crippen LogP contribution >= 0.6 is 0 Å². The number of halogens is 1. The average Bonchev–Trinajstić information content (AvgIpc) is 2.41. The molecule has 0 aromatic heterocycles. The van der Waals surface area contributed by atoms with Gasteiger partial charge in [0.2, 0.25) is 0 Å². The van der Waals surface area contributed by atoms with E-state index in [0.29, 0.717) is 0 Å². The van der Waals surface area contributed by atoms with Gasteiger partial charge in [0.05, 0.1) is 11.1 Å². The van der Waals surface area contributed by atoms with E-state index in [0.717, 1.165) is 0 Å². The Hall–Kier alpha value is -2.67. The Labute approximate surface area is 109 Å². The second-order valence-electron chi connectivity index (χ2n) is 3.88. The minimum absolute atomic E-state index is 0.146. The highest BCUT2D eigenvalue weighted by Gasteiger charge is 2.15. The monoisotopic (exact) mass is 255 g/mol. The highest BCUT2D eigenvalue weighted by atomic mass is 19.1. The lowest BCUT2D eigenvalue weighted by molar-refractivity contribution is 0.101. The van der Waals surface area contributed by atoms with Crippen LogP contribution < -0.4 is 4.74 Å². The van der Waals surface area contributed by atoms with E-state index < -0.39 is 5.82 Å². The molecule has 0 heterocycles. The number of ketones is 1. The molecular formula is C15H10FNO2. The van der Waals surface area contributed by atoms with Crippen LogP contribution in [-0.4, -0.2) is 5.78 Å². The molecule has 94 valence electrons. The normalized spacial score (nSPS) is 9.74. The Balaban J connectivity index is 2.50. The number of Topliss-reactive ketones (excluding diaryl/α,β-unsaturated/α-hetero) is 1. The lowest BCUT2D eigenvalue weighted by Crippen LogP contribution is -2.00. The van der Waals surface area contributed by atoms with Gasteiger partial charge >= 0.3 is 0 Å². The van der Waals surface area contributed by atoms with Gasteiger partial charge in [-0.05, 0) is 31.2 Å². The smallest absolute Gasteiger partial charge is 0.173 e. The molecule has 0 N–H and O–H groups in total. The molecule has 0 radical (unpaired) electrons. The molecule has 0 amide bonds. The summed E-state index contributed by atoms with van der Waals surface area (Å²) in [6, 6.07) is 12.5. The van der Waals surface area contributed by atoms with Gasteiger partial charge < -0.3 is 4.74 Å². The molecule has 0 aliphatic heterocycles. The van der Waals surface area contributed by atoms with E-state index in [1.54, 1.807) is 24.3 Å². The maximum atomic E-state index is 13.8. The van der Waals surface area contributed by atoms with Crippen molar-refractivity contribution in [3.8, 4) is 17.6 Å². The standard InChI is InChI=1S/C15H10FNO2/c1-10(18)12-6-4-7-13(16)15(12)19-14-8-3-2-5-11(14)9-17/h2-8H,1H3. The summed E-state index contributed by atoms with van der Waals surface area (Å²) >= 11 is 0. The first kappa shape index (κ1) is 12.8. The molecule has 0 aliphatic carbocycles. The highest BCUT2D eigenvalue weighted by molar-refractivity contribution is 5.97. The molecule has 19 heavy (non-hydrogen) atoms. The van der Waals surface area contributed by atoms with Crippen LogP contribution in [0, 0.1) is 17.1 Å². The van der Waals surface area contributed by atoms with Crippen LogP contribution in [0.3, 0.4) is 0 Å². The fourth-order valence-electron chi connectivity index (χ4n) is 1.65. The number of nitrogens with zero attached hydrogens (tertiary/aromatic N) is 1. The zero-order valence-electron chi connectivity index (χ0n) is 10.2. The molecule has 0 saturated heterocycles. The number of nitriles is 1. The summed E-state index contributed by atoms with van der Waals surface area (Å²) in [5.74, 6) is -0.875. The Morgan fingerprint density at radius 3 is 2.63 bits per heavy atom. The second kappa shape index (κ2) is 5.32. The first-order valence-corrected chi connectivity index (χ1v) is 5.60. The molecular weight excluding hydrogens is 245 g/mol. The number of para-hydroxylation sites is 2. The van der Waals surface area contributed by atoms with Gasteiger partial charge in [0, 0.05) is 0 Å². The van der Waals surface area contributed by atoms with Gasteiger partial charge in [-0.25, -0.2) is 4.39 Å². The first-order chi connectivity index (χ1) is 9.13. The minimum atomic E-state index is -0.638. The van der Waals surface area contributed by atoms with Gasteiger partial charge in [-0.1, -0.05) is 18.2 Å². The molecule has 0 saturated carbocycles. The maximum Gasteiger partial charge on any atom is 0.173 e. The highest BCUT2D eigenvalue weighted by Crippen LogP contribution is 2.30. The lowest BCUT2D eigenvalue weighted by Gasteiger charge is -2.11. The summed E-state index contributed by atoms with van der Waals surface area (Å²) < 4.78 is 19.2. The summed E-state index contributed by atoms with van der Waals surface area (Å²) in [5, 5.41) is 8.95. The van der Waals surface area contributed by atoms with Crippen LogP contribution in [0.25, 0.3) is 0 Å². The van der Waals surface area contributed by atoms with Gasteiger partial charge in [0.25, 0.3) is 0 Å². The van der Waals surface area contributed by atoms with Gasteiger partial charge in [0.1, 0.15) is 11.8 Å². The van der Waals surface area contributed by atoms with Crippen molar-refractivity contribution in [2.24, 2.45) is 0 Å². The third-order valence-electron chi connectivity index (χ3n) is 2.57. The Bertz CT molecular complexity index is 674. The van der Waals surface area contributed by atoms with Crippen LogP contribution in [0.4, 0.5) is 4.39 Å². The van der Waals surface area contributed by atoms with Crippen LogP contribution in [0.1, 0.15) is 22.8 Å². The van der Waals surface area contributed by atoms with Crippen molar-refractivity contribution in [2.45, 2.75) is 6.92 Å². The maximum absolute atomic E-state index is 13.8. The van der Waals surface area contributed by atoms with Crippen molar-refractivity contribution in [3.05, 3.63) is 59.4 Å². The van der Waals surface area contributed by atoms with Crippen molar-refractivity contribution < 1.29 is 13.9 Å². The van der Waals surface area contributed by atoms with Gasteiger partial charge in [0.15, 0.2) is 17.3 Å². The molecule has 2 aromatic rings. The summed E-state index contributed by atoms with van der Waals surface area (Å²) in [6.45, 7) is 1.33. The van der Waals surface area contributed by atoms with E-state index in [-0.39, 0.29) is 28.4 Å². The van der Waals surface area contributed by atoms with Crippen LogP contribution in [0.15, 0.2) is 42.5 Å². The molecule has 4 heteroatoms. The van der Waals surface area contributed by atoms with E-state index in [2.05, 4.69) is 0 Å². The predicted molar refractivity (Wildman–Crippen MR) is 67.6 cm³/mol. The molecule has 0 fully saturated rings. The molecule has 3 nitrogen and oxygen atoms in total. The van der Waals surface area contributed by atoms with E-state index in [1.807, 2.05) is 6.07 Å². The zero-order chi connectivity index (χ0) is 13.8. The van der Waals surface area contributed by atoms with Crippen LogP contribution in [0.2, 0.25) is 0 Å². The van der Waals surface area contributed by atoms with Crippen molar-refractivity contribution in [3.63, 3.8) is 0 Å². The average molecular weight is 255 g/mol. The van der Waals surface area contributed by atoms with Crippen molar-refractivity contribution >= 4 is 5.78 Å². The number of hydrogen-bond donors (Lipinski definition) is 0. The van der Waals surface area contributed by atoms with Crippen LogP contribution in [0.5, 0.6) is 11.5 Å². The Morgan fingerprint density at radius 1 is 1.21 bits per heavy atom. The predicted octanol–water partition coefficient (Wildman–Crippen LogP) is 3.69. The minimum Gasteiger partial charge on any atom is -0.452 e. The number of rotatable bonds is 3. The summed E-state index contributed by atoms with van der Waals surface area (Å²) in [6.07, 6.45) is 0. The number of ether oxygens (including phenoxy) is 1. The number of hydrogen-bond acceptors (Lipinski definition) is 3. The van der Waals surface area contributed by atoms with Crippen molar-refractivity contribution in [1.29, 1.82) is 5.26 Å². The molecule has 0 aliphatic rings. The Kier molecular flexibility index (Phi) is 3.58. The van der Waals surface area contributed by atoms with Gasteiger partial charge in [-0.3, -0.25) is 4.79 Å². The summed E-state index contributed by atoms with van der Waals surface area (Å²) in [4.78, 5) is 11.5. The van der Waals surface area contributed by atoms with E-state index in [9.17, 15) is 9.18 Å². The SMILES string of the molecule is CC(=O)c1cccc(F)c1Oc1ccccc1C#N. The van der Waals surface area contributed by atoms with Crippen LogP contribution in [-0.2, 0) is 0 Å². The fourth-order valence-corrected chi connectivity index (χ4v) is 1.65. The number of carbonyl (C=O) groups excluding carboxylic acids is 1. The molecule has 0 atom stereocenters. The first-order valence-electron chi connectivity index (χ1n) is 5.60. The Morgan fingerprint density at radius 2 is 1.95 bits per heavy atom. The van der Waals surface area contributed by atoms with Gasteiger partial charge in [-0.15, -0.1) is 0 Å². The quantitative estimate of drug-likeness (QED) is 0.786. The molecule has 0 unspecified atom stereocenters. The molecule has 0 spiro atoms. The molecule has 0 bridgehead atoms. The largest absolute Gasteiger partial charge is 0.452 e. The second-order valence-corrected chi connectivity index (χ2v) is 3.88. The summed E-state index contributed by atoms with van der Waals surface area (Å²) in [5.41, 5.74) is 0.424. The summed E-state index contributed by atoms with van der Waals surface area (Å²) in [7, 11) is 0. The van der Waals surface area contributed by atoms with Crippen molar-refractivity contribution in [1.82, 2.24) is 0 Å². The van der Waals surface area contributed by atoms with Crippen molar-refractivity contribution in [2.75, 3.05) is 0 Å². The third-order valence-corrected chi connectivity index (χ3v) is 2.57. The van der Waals surface area contributed by atoms with E-state index in [4.69, 9.17) is 10.00 Å². The number of carbonyl (C=O) groups is 1. The topological polar surface area (TPSA) is 50.1 Å². The third kappa shape index (κ3) is 2.61. The van der Waals surface area contributed by atoms with E-state index in [1.165, 1.54) is 25.1 Å². The van der Waals surface area contributed by atoms with E-state index >= 15 is 0 Å². The molecule has 2 aromatic carbocycles. The number of benzene rings is 2.